The second-order valence-electron chi connectivity index (χ2n) is 6.66. The molecule has 1 aliphatic heterocycles. The molecule has 11 nitrogen and oxygen atoms in total. The first-order valence-electron chi connectivity index (χ1n) is 9.04. The zero-order valence-corrected chi connectivity index (χ0v) is 16.8. The van der Waals surface area contributed by atoms with E-state index in [2.05, 4.69) is 10.5 Å². The smallest absolute Gasteiger partial charge is 0.271 e. The average Bonchev–Trinajstić information content (AvgIpc) is 3.27. The minimum atomic E-state index is -3.51. The van der Waals surface area contributed by atoms with Crippen LogP contribution in [-0.4, -0.2) is 41.4 Å². The lowest BCUT2D eigenvalue weighted by atomic mass is 10.1. The lowest BCUT2D eigenvalue weighted by Gasteiger charge is -2.15. The summed E-state index contributed by atoms with van der Waals surface area (Å²) in [5.41, 5.74) is 2.73. The Bertz CT molecular complexity index is 1110. The van der Waals surface area contributed by atoms with Crippen molar-refractivity contribution in [3.63, 3.8) is 0 Å². The largest absolute Gasteiger partial charge is 0.301 e. The molecule has 0 aromatic heterocycles. The van der Waals surface area contributed by atoms with Gasteiger partial charge in [0.1, 0.15) is 5.69 Å². The molecule has 3 rings (SSSR count). The third-order valence-electron chi connectivity index (χ3n) is 4.71. The lowest BCUT2D eigenvalue weighted by molar-refractivity contribution is -0.393. The summed E-state index contributed by atoms with van der Waals surface area (Å²) in [6.45, 7) is 2.68. The number of nitrogens with one attached hydrogen (secondary N) is 1. The topological polar surface area (TPSA) is 148 Å². The van der Waals surface area contributed by atoms with Gasteiger partial charge in [-0.15, -0.1) is 0 Å². The van der Waals surface area contributed by atoms with Crippen molar-refractivity contribution in [2.45, 2.75) is 24.7 Å². The first-order valence-corrected chi connectivity index (χ1v) is 10.5. The average molecular weight is 433 g/mol. The van der Waals surface area contributed by atoms with Gasteiger partial charge in [0, 0.05) is 19.2 Å². The number of nitro groups is 2. The quantitative estimate of drug-likeness (QED) is 0.400. The van der Waals surface area contributed by atoms with Crippen LogP contribution >= 0.6 is 0 Å². The number of nitro benzene ring substituents is 2. The summed E-state index contributed by atoms with van der Waals surface area (Å²) in [6.07, 6.45) is 1.70. The molecule has 1 fully saturated rings. The SMILES string of the molecule is C/C(=N\Nc1ccc([N+](=O)[O-])cc1[N+](=O)[O-])c1ccc(S(=O)(=O)N2CCCC2)cc1. The highest BCUT2D eigenvalue weighted by Gasteiger charge is 2.27. The summed E-state index contributed by atoms with van der Waals surface area (Å²) in [4.78, 5) is 20.7. The Morgan fingerprint density at radius 1 is 1.03 bits per heavy atom. The predicted octanol–water partition coefficient (Wildman–Crippen LogP) is 3.12. The van der Waals surface area contributed by atoms with Crippen molar-refractivity contribution in [2.24, 2.45) is 5.10 Å². The molecule has 158 valence electrons. The van der Waals surface area contributed by atoms with Crippen molar-refractivity contribution in [1.29, 1.82) is 0 Å². The highest BCUT2D eigenvalue weighted by atomic mass is 32.2. The fourth-order valence-electron chi connectivity index (χ4n) is 3.03. The normalized spacial score (nSPS) is 15.2. The van der Waals surface area contributed by atoms with Crippen molar-refractivity contribution in [3.8, 4) is 0 Å². The van der Waals surface area contributed by atoms with Gasteiger partial charge in [-0.2, -0.15) is 9.41 Å². The van der Waals surface area contributed by atoms with Crippen LogP contribution in [-0.2, 0) is 10.0 Å². The van der Waals surface area contributed by atoms with Gasteiger partial charge in [-0.05, 0) is 43.5 Å². The van der Waals surface area contributed by atoms with Gasteiger partial charge in [-0.1, -0.05) is 12.1 Å². The molecule has 0 unspecified atom stereocenters. The molecule has 1 N–H and O–H groups in total. The van der Waals surface area contributed by atoms with E-state index in [-0.39, 0.29) is 10.6 Å². The fourth-order valence-corrected chi connectivity index (χ4v) is 4.55. The maximum absolute atomic E-state index is 12.6. The Balaban J connectivity index is 1.79. The Kier molecular flexibility index (Phi) is 6.08. The second kappa shape index (κ2) is 8.55. The van der Waals surface area contributed by atoms with E-state index in [4.69, 9.17) is 0 Å². The first-order chi connectivity index (χ1) is 14.2. The molecule has 0 radical (unpaired) electrons. The van der Waals surface area contributed by atoms with Crippen molar-refractivity contribution in [1.82, 2.24) is 4.31 Å². The molecule has 30 heavy (non-hydrogen) atoms. The molecule has 0 bridgehead atoms. The first kappa shape index (κ1) is 21.3. The molecule has 2 aromatic carbocycles. The van der Waals surface area contributed by atoms with Gasteiger partial charge in [0.15, 0.2) is 0 Å². The number of benzene rings is 2. The van der Waals surface area contributed by atoms with E-state index in [0.29, 0.717) is 24.4 Å². The summed E-state index contributed by atoms with van der Waals surface area (Å²) >= 11 is 0. The predicted molar refractivity (Wildman–Crippen MR) is 110 cm³/mol. The fraction of sp³-hybridized carbons (Fsp3) is 0.278. The minimum absolute atomic E-state index is 0.00168. The Labute approximate surface area is 172 Å². The van der Waals surface area contributed by atoms with Gasteiger partial charge in [-0.3, -0.25) is 25.7 Å². The molecule has 0 spiro atoms. The zero-order chi connectivity index (χ0) is 21.9. The molecule has 0 saturated carbocycles. The lowest BCUT2D eigenvalue weighted by Crippen LogP contribution is -2.27. The van der Waals surface area contributed by atoms with Crippen LogP contribution in [0, 0.1) is 20.2 Å². The molecule has 1 saturated heterocycles. The van der Waals surface area contributed by atoms with Crippen molar-refractivity contribution in [2.75, 3.05) is 18.5 Å². The van der Waals surface area contributed by atoms with Crippen LogP contribution in [0.5, 0.6) is 0 Å². The summed E-state index contributed by atoms with van der Waals surface area (Å²) in [5, 5.41) is 26.1. The van der Waals surface area contributed by atoms with Crippen LogP contribution in [0.15, 0.2) is 52.5 Å². The number of hydrogen-bond acceptors (Lipinski definition) is 8. The second-order valence-corrected chi connectivity index (χ2v) is 8.60. The highest BCUT2D eigenvalue weighted by Crippen LogP contribution is 2.29. The Morgan fingerprint density at radius 2 is 1.67 bits per heavy atom. The number of sulfonamides is 1. The maximum atomic E-state index is 12.6. The van der Waals surface area contributed by atoms with Gasteiger partial charge in [0.2, 0.25) is 10.0 Å². The van der Waals surface area contributed by atoms with Gasteiger partial charge in [-0.25, -0.2) is 8.42 Å². The van der Waals surface area contributed by atoms with E-state index >= 15 is 0 Å². The van der Waals surface area contributed by atoms with Gasteiger partial charge >= 0.3 is 5.69 Å². The van der Waals surface area contributed by atoms with Crippen molar-refractivity contribution >= 4 is 32.8 Å². The van der Waals surface area contributed by atoms with Gasteiger partial charge in [0.25, 0.3) is 5.69 Å². The molecular formula is C18H19N5O6S. The molecule has 0 amide bonds. The number of hydrogen-bond donors (Lipinski definition) is 1. The standard InChI is InChI=1S/C18H19N5O6S/c1-13(19-20-17-9-6-15(22(24)25)12-18(17)23(26)27)14-4-7-16(8-5-14)30(28,29)21-10-2-3-11-21/h4-9,12,20H,2-3,10-11H2,1H3/b19-13+. The molecule has 12 heteroatoms. The van der Waals surface area contributed by atoms with E-state index in [1.54, 1.807) is 19.1 Å². The minimum Gasteiger partial charge on any atom is -0.271 e. The highest BCUT2D eigenvalue weighted by molar-refractivity contribution is 7.89. The van der Waals surface area contributed by atoms with Gasteiger partial charge in [0.05, 0.1) is 26.5 Å². The zero-order valence-electron chi connectivity index (χ0n) is 16.0. The summed E-state index contributed by atoms with van der Waals surface area (Å²) < 4.78 is 26.6. The molecule has 2 aromatic rings. The summed E-state index contributed by atoms with van der Waals surface area (Å²) in [5.74, 6) is 0. The van der Waals surface area contributed by atoms with Gasteiger partial charge < -0.3 is 0 Å². The molecule has 1 heterocycles. The molecule has 0 atom stereocenters. The van der Waals surface area contributed by atoms with Crippen molar-refractivity contribution < 1.29 is 18.3 Å². The van der Waals surface area contributed by atoms with Crippen molar-refractivity contribution in [3.05, 3.63) is 68.3 Å². The van der Waals surface area contributed by atoms with Crippen LogP contribution in [0.3, 0.4) is 0 Å². The monoisotopic (exact) mass is 433 g/mol. The van der Waals surface area contributed by atoms with Crippen LogP contribution < -0.4 is 5.43 Å². The maximum Gasteiger partial charge on any atom is 0.301 e. The van der Waals surface area contributed by atoms with E-state index in [1.165, 1.54) is 22.5 Å². The van der Waals surface area contributed by atoms with E-state index in [1.807, 2.05) is 0 Å². The van der Waals surface area contributed by atoms with E-state index in [9.17, 15) is 28.6 Å². The Hall–Kier alpha value is -3.38. The summed E-state index contributed by atoms with van der Waals surface area (Å²) in [7, 11) is -3.51. The number of non-ortho nitro benzene ring substituents is 1. The summed E-state index contributed by atoms with van der Waals surface area (Å²) in [6, 6.07) is 9.40. The van der Waals surface area contributed by atoms with E-state index in [0.717, 1.165) is 25.0 Å². The molecule has 0 aliphatic carbocycles. The third-order valence-corrected chi connectivity index (χ3v) is 6.62. The Morgan fingerprint density at radius 3 is 2.23 bits per heavy atom. The molecule has 1 aliphatic rings. The number of anilines is 1. The van der Waals surface area contributed by atoms with E-state index < -0.39 is 31.2 Å². The van der Waals surface area contributed by atoms with Crippen LogP contribution in [0.1, 0.15) is 25.3 Å². The molecular weight excluding hydrogens is 414 g/mol. The third kappa shape index (κ3) is 4.44. The number of rotatable bonds is 7. The van der Waals surface area contributed by atoms with Crippen LogP contribution in [0.4, 0.5) is 17.1 Å². The number of hydrazone groups is 1. The number of nitrogens with zero attached hydrogens (tertiary/aromatic N) is 4. The van der Waals surface area contributed by atoms with Crippen LogP contribution in [0.2, 0.25) is 0 Å². The van der Waals surface area contributed by atoms with Crippen LogP contribution in [0.25, 0.3) is 0 Å².